The van der Waals surface area contributed by atoms with Gasteiger partial charge in [-0.1, -0.05) is 0 Å². The summed E-state index contributed by atoms with van der Waals surface area (Å²) in [6.45, 7) is 4.99. The molecule has 2 aliphatic rings. The third kappa shape index (κ3) is 1.76. The van der Waals surface area contributed by atoms with Crippen LogP contribution in [0.3, 0.4) is 0 Å². The molecular weight excluding hydrogens is 171 g/mol. The Labute approximate surface area is 74.0 Å². The van der Waals surface area contributed by atoms with Gasteiger partial charge >= 0.3 is 0 Å². The van der Waals surface area contributed by atoms with Crippen molar-refractivity contribution in [3.8, 4) is 0 Å². The Balaban J connectivity index is 0.000000405. The normalized spacial score (nSPS) is 36.0. The number of halogens is 2. The van der Waals surface area contributed by atoms with Gasteiger partial charge in [0.2, 0.25) is 0 Å². The molecular formula is C6H14Cl2N2. The highest BCUT2D eigenvalue weighted by Gasteiger charge is 2.30. The summed E-state index contributed by atoms with van der Waals surface area (Å²) in [4.78, 5) is 0. The van der Waals surface area contributed by atoms with Crippen molar-refractivity contribution in [1.29, 1.82) is 0 Å². The zero-order valence-corrected chi connectivity index (χ0v) is 7.43. The van der Waals surface area contributed by atoms with Crippen molar-refractivity contribution in [2.24, 2.45) is 11.8 Å². The molecule has 0 saturated carbocycles. The molecule has 0 bridgehead atoms. The molecule has 2 fully saturated rings. The number of fused-ring (bicyclic) bond motifs is 1. The molecule has 0 spiro atoms. The van der Waals surface area contributed by atoms with Gasteiger partial charge in [-0.25, -0.2) is 0 Å². The van der Waals surface area contributed by atoms with Crippen molar-refractivity contribution in [3.63, 3.8) is 0 Å². The molecule has 2 aliphatic heterocycles. The van der Waals surface area contributed by atoms with E-state index in [1.54, 1.807) is 0 Å². The SMILES string of the molecule is C1NCC2CNCC12.Cl.Cl. The van der Waals surface area contributed by atoms with E-state index in [2.05, 4.69) is 10.6 Å². The van der Waals surface area contributed by atoms with Crippen LogP contribution in [-0.4, -0.2) is 26.2 Å². The highest BCUT2D eigenvalue weighted by molar-refractivity contribution is 5.85. The molecule has 0 amide bonds. The molecule has 0 radical (unpaired) electrons. The molecule has 2 rings (SSSR count). The lowest BCUT2D eigenvalue weighted by Gasteiger charge is -2.01. The zero-order valence-electron chi connectivity index (χ0n) is 5.80. The highest BCUT2D eigenvalue weighted by atomic mass is 35.5. The predicted octanol–water partition coefficient (Wildman–Crippen LogP) is 0.269. The minimum Gasteiger partial charge on any atom is -0.316 e. The summed E-state index contributed by atoms with van der Waals surface area (Å²) < 4.78 is 0. The largest absolute Gasteiger partial charge is 0.316 e. The summed E-state index contributed by atoms with van der Waals surface area (Å²) in [7, 11) is 0. The van der Waals surface area contributed by atoms with E-state index in [1.807, 2.05) is 0 Å². The second-order valence-corrected chi connectivity index (χ2v) is 2.84. The predicted molar refractivity (Wildman–Crippen MR) is 47.2 cm³/mol. The fourth-order valence-electron chi connectivity index (χ4n) is 1.72. The van der Waals surface area contributed by atoms with Crippen LogP contribution in [0.5, 0.6) is 0 Å². The number of hydrogen-bond acceptors (Lipinski definition) is 2. The average molecular weight is 185 g/mol. The summed E-state index contributed by atoms with van der Waals surface area (Å²) in [6, 6.07) is 0. The minimum absolute atomic E-state index is 0. The Hall–Kier alpha value is 0.500. The van der Waals surface area contributed by atoms with Gasteiger partial charge in [-0.3, -0.25) is 0 Å². The van der Waals surface area contributed by atoms with Crippen molar-refractivity contribution < 1.29 is 0 Å². The van der Waals surface area contributed by atoms with Gasteiger partial charge < -0.3 is 10.6 Å². The van der Waals surface area contributed by atoms with E-state index in [4.69, 9.17) is 0 Å². The Morgan fingerprint density at radius 1 is 0.700 bits per heavy atom. The molecule has 4 heteroatoms. The van der Waals surface area contributed by atoms with Crippen LogP contribution in [0.2, 0.25) is 0 Å². The lowest BCUT2D eigenvalue weighted by atomic mass is 10.0. The van der Waals surface area contributed by atoms with Crippen molar-refractivity contribution in [1.82, 2.24) is 10.6 Å². The molecule has 0 unspecified atom stereocenters. The van der Waals surface area contributed by atoms with Gasteiger partial charge in [0.25, 0.3) is 0 Å². The Kier molecular flexibility index (Phi) is 4.61. The van der Waals surface area contributed by atoms with Gasteiger partial charge in [-0.2, -0.15) is 0 Å². The van der Waals surface area contributed by atoms with Crippen molar-refractivity contribution in [2.45, 2.75) is 0 Å². The van der Waals surface area contributed by atoms with Crippen LogP contribution in [0.4, 0.5) is 0 Å². The lowest BCUT2D eigenvalue weighted by Crippen LogP contribution is -2.19. The van der Waals surface area contributed by atoms with Gasteiger partial charge in [-0.05, 0) is 38.0 Å². The monoisotopic (exact) mass is 184 g/mol. The van der Waals surface area contributed by atoms with Gasteiger partial charge in [0.15, 0.2) is 0 Å². The van der Waals surface area contributed by atoms with Crippen LogP contribution < -0.4 is 10.6 Å². The summed E-state index contributed by atoms with van der Waals surface area (Å²) in [5.74, 6) is 1.91. The fraction of sp³-hybridized carbons (Fsp3) is 1.00. The maximum atomic E-state index is 3.38. The summed E-state index contributed by atoms with van der Waals surface area (Å²) in [5.41, 5.74) is 0. The van der Waals surface area contributed by atoms with Crippen molar-refractivity contribution in [2.75, 3.05) is 26.2 Å². The van der Waals surface area contributed by atoms with Crippen LogP contribution >= 0.6 is 24.8 Å². The van der Waals surface area contributed by atoms with E-state index in [9.17, 15) is 0 Å². The zero-order chi connectivity index (χ0) is 5.40. The fourth-order valence-corrected chi connectivity index (χ4v) is 1.72. The third-order valence-electron chi connectivity index (χ3n) is 2.29. The summed E-state index contributed by atoms with van der Waals surface area (Å²) >= 11 is 0. The van der Waals surface area contributed by atoms with E-state index in [1.165, 1.54) is 26.2 Å². The van der Waals surface area contributed by atoms with Crippen LogP contribution in [0.25, 0.3) is 0 Å². The summed E-state index contributed by atoms with van der Waals surface area (Å²) in [5, 5.41) is 6.77. The van der Waals surface area contributed by atoms with E-state index in [0.717, 1.165) is 11.8 Å². The molecule has 10 heavy (non-hydrogen) atoms. The van der Waals surface area contributed by atoms with Gasteiger partial charge in [0.05, 0.1) is 0 Å². The van der Waals surface area contributed by atoms with E-state index >= 15 is 0 Å². The second kappa shape index (κ2) is 4.39. The first-order valence-corrected chi connectivity index (χ1v) is 3.38. The molecule has 2 heterocycles. The summed E-state index contributed by atoms with van der Waals surface area (Å²) in [6.07, 6.45) is 0. The average Bonchev–Trinajstić information content (AvgIpc) is 2.15. The maximum absolute atomic E-state index is 3.38. The van der Waals surface area contributed by atoms with E-state index < -0.39 is 0 Å². The molecule has 2 N–H and O–H groups in total. The molecule has 0 aliphatic carbocycles. The first kappa shape index (κ1) is 10.5. The topological polar surface area (TPSA) is 24.1 Å². The Bertz CT molecular complexity index is 79.7. The molecule has 2 saturated heterocycles. The minimum atomic E-state index is 0. The number of rotatable bonds is 0. The second-order valence-electron chi connectivity index (χ2n) is 2.84. The quantitative estimate of drug-likeness (QED) is 0.566. The van der Waals surface area contributed by atoms with Crippen LogP contribution in [0.15, 0.2) is 0 Å². The highest BCUT2D eigenvalue weighted by Crippen LogP contribution is 2.19. The van der Waals surface area contributed by atoms with Crippen molar-refractivity contribution >= 4 is 24.8 Å². The molecule has 2 nitrogen and oxygen atoms in total. The molecule has 0 aromatic rings. The molecule has 62 valence electrons. The molecule has 0 atom stereocenters. The Morgan fingerprint density at radius 2 is 1.00 bits per heavy atom. The lowest BCUT2D eigenvalue weighted by molar-refractivity contribution is 0.533. The maximum Gasteiger partial charge on any atom is -0.000463 e. The molecule has 0 aromatic heterocycles. The molecule has 0 aromatic carbocycles. The first-order chi connectivity index (χ1) is 3.97. The first-order valence-electron chi connectivity index (χ1n) is 3.38. The van der Waals surface area contributed by atoms with Crippen LogP contribution in [0.1, 0.15) is 0 Å². The third-order valence-corrected chi connectivity index (χ3v) is 2.29. The van der Waals surface area contributed by atoms with Crippen LogP contribution in [-0.2, 0) is 0 Å². The van der Waals surface area contributed by atoms with Crippen LogP contribution in [0, 0.1) is 11.8 Å². The van der Waals surface area contributed by atoms with Gasteiger partial charge in [-0.15, -0.1) is 24.8 Å². The number of nitrogens with one attached hydrogen (secondary N) is 2. The van der Waals surface area contributed by atoms with E-state index in [-0.39, 0.29) is 24.8 Å². The Morgan fingerprint density at radius 3 is 1.30 bits per heavy atom. The standard InChI is InChI=1S/C6H12N2.2ClH/c1-5-2-8-4-6(5)3-7-1;;/h5-8H,1-4H2;2*1H. The van der Waals surface area contributed by atoms with Crippen molar-refractivity contribution in [3.05, 3.63) is 0 Å². The van der Waals surface area contributed by atoms with Gasteiger partial charge in [0.1, 0.15) is 0 Å². The smallest absolute Gasteiger partial charge is 0.000463 e. The van der Waals surface area contributed by atoms with Gasteiger partial charge in [0, 0.05) is 0 Å². The number of hydrogen-bond donors (Lipinski definition) is 2. The van der Waals surface area contributed by atoms with E-state index in [0.29, 0.717) is 0 Å².